The lowest BCUT2D eigenvalue weighted by Gasteiger charge is -2.20. The zero-order chi connectivity index (χ0) is 20.7. The van der Waals surface area contributed by atoms with Crippen LogP contribution in [0, 0.1) is 16.0 Å². The average molecular weight is 403 g/mol. The molecule has 0 saturated heterocycles. The van der Waals surface area contributed by atoms with Crippen LogP contribution in [-0.2, 0) is 4.79 Å². The van der Waals surface area contributed by atoms with Gasteiger partial charge in [-0.05, 0) is 30.2 Å². The maximum absolute atomic E-state index is 12.4. The first kappa shape index (κ1) is 21.0. The van der Waals surface area contributed by atoms with E-state index < -0.39 is 22.8 Å². The third-order valence-electron chi connectivity index (χ3n) is 3.81. The first-order chi connectivity index (χ1) is 13.3. The summed E-state index contributed by atoms with van der Waals surface area (Å²) < 4.78 is 0. The van der Waals surface area contributed by atoms with Crippen molar-refractivity contribution < 1.29 is 14.5 Å². The molecule has 8 nitrogen and oxygen atoms in total. The Kier molecular flexibility index (Phi) is 7.22. The molecular formula is C19H19ClN4O4. The molecule has 0 fully saturated rings. The number of nitro benzene ring substituents is 1. The van der Waals surface area contributed by atoms with Crippen molar-refractivity contribution >= 4 is 35.3 Å². The SMILES string of the molecule is CC(C)C(NC(=O)c1ccc(Cl)cc1)C(=O)N/N=C\c1cccc([N+](=O)[O-])c1. The first-order valence-corrected chi connectivity index (χ1v) is 8.79. The number of nitro groups is 1. The molecule has 0 aliphatic carbocycles. The Morgan fingerprint density at radius 1 is 1.18 bits per heavy atom. The maximum Gasteiger partial charge on any atom is 0.270 e. The van der Waals surface area contributed by atoms with E-state index in [4.69, 9.17) is 11.6 Å². The van der Waals surface area contributed by atoms with Gasteiger partial charge in [0, 0.05) is 28.3 Å². The minimum absolute atomic E-state index is 0.0782. The minimum atomic E-state index is -0.814. The molecule has 2 rings (SSSR count). The molecule has 0 spiro atoms. The van der Waals surface area contributed by atoms with Gasteiger partial charge in [0.05, 0.1) is 11.1 Å². The van der Waals surface area contributed by atoms with Crippen LogP contribution in [-0.4, -0.2) is 29.0 Å². The molecule has 28 heavy (non-hydrogen) atoms. The summed E-state index contributed by atoms with van der Waals surface area (Å²) in [5.41, 5.74) is 3.11. The highest BCUT2D eigenvalue weighted by Crippen LogP contribution is 2.12. The summed E-state index contributed by atoms with van der Waals surface area (Å²) in [6.45, 7) is 3.58. The number of benzene rings is 2. The molecule has 1 unspecified atom stereocenters. The lowest BCUT2D eigenvalue weighted by molar-refractivity contribution is -0.384. The van der Waals surface area contributed by atoms with E-state index in [2.05, 4.69) is 15.8 Å². The van der Waals surface area contributed by atoms with Crippen LogP contribution < -0.4 is 10.7 Å². The molecule has 1 atom stereocenters. The fourth-order valence-corrected chi connectivity index (χ4v) is 2.45. The van der Waals surface area contributed by atoms with Crippen molar-refractivity contribution in [3.05, 3.63) is 74.8 Å². The lowest BCUT2D eigenvalue weighted by atomic mass is 10.0. The maximum atomic E-state index is 12.4. The van der Waals surface area contributed by atoms with E-state index >= 15 is 0 Å². The minimum Gasteiger partial charge on any atom is -0.340 e. The van der Waals surface area contributed by atoms with Crippen molar-refractivity contribution in [2.45, 2.75) is 19.9 Å². The Labute approximate surface area is 166 Å². The number of nitrogens with one attached hydrogen (secondary N) is 2. The molecule has 9 heteroatoms. The Hall–Kier alpha value is -3.26. The number of hydrazone groups is 1. The Balaban J connectivity index is 2.02. The van der Waals surface area contributed by atoms with Crippen molar-refractivity contribution in [1.82, 2.24) is 10.7 Å². The highest BCUT2D eigenvalue weighted by atomic mass is 35.5. The second-order valence-electron chi connectivity index (χ2n) is 6.29. The van der Waals surface area contributed by atoms with Gasteiger partial charge in [-0.1, -0.05) is 37.6 Å². The average Bonchev–Trinajstić information content (AvgIpc) is 2.66. The summed E-state index contributed by atoms with van der Waals surface area (Å²) in [5.74, 6) is -1.10. The number of carbonyl (C=O) groups is 2. The van der Waals surface area contributed by atoms with Crippen molar-refractivity contribution in [2.24, 2.45) is 11.0 Å². The molecule has 0 aromatic heterocycles. The van der Waals surface area contributed by atoms with E-state index in [-0.39, 0.29) is 11.6 Å². The number of rotatable bonds is 7. The van der Waals surface area contributed by atoms with Gasteiger partial charge in [0.2, 0.25) is 0 Å². The molecule has 0 bridgehead atoms. The van der Waals surface area contributed by atoms with E-state index in [0.717, 1.165) is 0 Å². The van der Waals surface area contributed by atoms with Gasteiger partial charge in [-0.2, -0.15) is 5.10 Å². The van der Waals surface area contributed by atoms with E-state index in [1.165, 1.54) is 24.4 Å². The van der Waals surface area contributed by atoms with E-state index in [1.54, 1.807) is 44.2 Å². The molecule has 0 aliphatic rings. The van der Waals surface area contributed by atoms with Gasteiger partial charge in [0.25, 0.3) is 17.5 Å². The van der Waals surface area contributed by atoms with Gasteiger partial charge < -0.3 is 5.32 Å². The predicted octanol–water partition coefficient (Wildman–Crippen LogP) is 3.15. The normalized spacial score (nSPS) is 12.0. The number of non-ortho nitro benzene ring substituents is 1. The fourth-order valence-electron chi connectivity index (χ4n) is 2.32. The summed E-state index contributed by atoms with van der Waals surface area (Å²) in [6, 6.07) is 11.3. The van der Waals surface area contributed by atoms with E-state index in [9.17, 15) is 19.7 Å². The Bertz CT molecular complexity index is 897. The third kappa shape index (κ3) is 5.88. The van der Waals surface area contributed by atoms with E-state index in [1.807, 2.05) is 0 Å². The molecular weight excluding hydrogens is 384 g/mol. The summed E-state index contributed by atoms with van der Waals surface area (Å²) in [6.07, 6.45) is 1.29. The summed E-state index contributed by atoms with van der Waals surface area (Å²) in [5, 5.41) is 17.8. The highest BCUT2D eigenvalue weighted by Gasteiger charge is 2.24. The zero-order valence-corrected chi connectivity index (χ0v) is 16.0. The fraction of sp³-hybridized carbons (Fsp3) is 0.211. The quantitative estimate of drug-likeness (QED) is 0.420. The lowest BCUT2D eigenvalue weighted by Crippen LogP contribution is -2.48. The first-order valence-electron chi connectivity index (χ1n) is 8.41. The highest BCUT2D eigenvalue weighted by molar-refractivity contribution is 6.30. The summed E-state index contributed by atoms with van der Waals surface area (Å²) in [7, 11) is 0. The van der Waals surface area contributed by atoms with Crippen LogP contribution in [0.15, 0.2) is 53.6 Å². The third-order valence-corrected chi connectivity index (χ3v) is 4.06. The van der Waals surface area contributed by atoms with Crippen LogP contribution >= 0.6 is 11.6 Å². The van der Waals surface area contributed by atoms with Crippen molar-refractivity contribution in [3.8, 4) is 0 Å². The van der Waals surface area contributed by atoms with Gasteiger partial charge >= 0.3 is 0 Å². The molecule has 0 heterocycles. The Morgan fingerprint density at radius 2 is 1.86 bits per heavy atom. The predicted molar refractivity (Wildman–Crippen MR) is 106 cm³/mol. The van der Waals surface area contributed by atoms with Crippen LogP contribution in [0.25, 0.3) is 0 Å². The molecule has 0 radical (unpaired) electrons. The van der Waals surface area contributed by atoms with Gasteiger partial charge in [0.15, 0.2) is 0 Å². The molecule has 2 aromatic rings. The summed E-state index contributed by atoms with van der Waals surface area (Å²) >= 11 is 5.81. The second-order valence-corrected chi connectivity index (χ2v) is 6.72. The van der Waals surface area contributed by atoms with Gasteiger partial charge in [-0.25, -0.2) is 5.43 Å². The number of hydrogen-bond acceptors (Lipinski definition) is 5. The van der Waals surface area contributed by atoms with Crippen LogP contribution in [0.2, 0.25) is 5.02 Å². The second kappa shape index (κ2) is 9.61. The molecule has 0 saturated carbocycles. The number of nitrogens with zero attached hydrogens (tertiary/aromatic N) is 2. The van der Waals surface area contributed by atoms with Crippen LogP contribution in [0.5, 0.6) is 0 Å². The van der Waals surface area contributed by atoms with Crippen molar-refractivity contribution in [3.63, 3.8) is 0 Å². The van der Waals surface area contributed by atoms with Crippen LogP contribution in [0.3, 0.4) is 0 Å². The molecule has 146 valence electrons. The monoisotopic (exact) mass is 402 g/mol. The number of halogens is 1. The number of hydrogen-bond donors (Lipinski definition) is 2. The Morgan fingerprint density at radius 3 is 2.46 bits per heavy atom. The number of amides is 2. The standard InChI is InChI=1S/C19H19ClN4O4/c1-12(2)17(22-18(25)14-6-8-15(20)9-7-14)19(26)23-21-11-13-4-3-5-16(10-13)24(27)28/h3-12,17H,1-2H3,(H,22,25)(H,23,26)/b21-11-. The smallest absolute Gasteiger partial charge is 0.270 e. The van der Waals surface area contributed by atoms with Crippen LogP contribution in [0.1, 0.15) is 29.8 Å². The van der Waals surface area contributed by atoms with Gasteiger partial charge in [0.1, 0.15) is 6.04 Å². The summed E-state index contributed by atoms with van der Waals surface area (Å²) in [4.78, 5) is 35.0. The van der Waals surface area contributed by atoms with E-state index in [0.29, 0.717) is 16.1 Å². The molecule has 2 amide bonds. The molecule has 2 aromatic carbocycles. The van der Waals surface area contributed by atoms with Crippen molar-refractivity contribution in [1.29, 1.82) is 0 Å². The largest absolute Gasteiger partial charge is 0.340 e. The molecule has 2 N–H and O–H groups in total. The molecule has 0 aliphatic heterocycles. The van der Waals surface area contributed by atoms with Crippen molar-refractivity contribution in [2.75, 3.05) is 0 Å². The van der Waals surface area contributed by atoms with Crippen LogP contribution in [0.4, 0.5) is 5.69 Å². The topological polar surface area (TPSA) is 114 Å². The zero-order valence-electron chi connectivity index (χ0n) is 15.3. The number of carbonyl (C=O) groups excluding carboxylic acids is 2. The van der Waals surface area contributed by atoms with Gasteiger partial charge in [-0.15, -0.1) is 0 Å². The van der Waals surface area contributed by atoms with Gasteiger partial charge in [-0.3, -0.25) is 19.7 Å².